The van der Waals surface area contributed by atoms with E-state index in [-0.39, 0.29) is 5.57 Å². The number of rotatable bonds is 5. The molecule has 1 heterocycles. The predicted molar refractivity (Wildman–Crippen MR) is 141 cm³/mol. The van der Waals surface area contributed by atoms with Crippen LogP contribution in [0.4, 0.5) is 17.1 Å². The Labute approximate surface area is 202 Å². The molecular formula is C30H19N3S. The molecule has 0 N–H and O–H groups in total. The van der Waals surface area contributed by atoms with E-state index in [1.807, 2.05) is 30.3 Å². The van der Waals surface area contributed by atoms with E-state index in [2.05, 4.69) is 95.9 Å². The molecule has 1 aromatic heterocycles. The van der Waals surface area contributed by atoms with Crippen molar-refractivity contribution in [1.82, 2.24) is 0 Å². The van der Waals surface area contributed by atoms with Crippen molar-refractivity contribution in [3.05, 3.63) is 120 Å². The van der Waals surface area contributed by atoms with Gasteiger partial charge in [-0.1, -0.05) is 60.7 Å². The van der Waals surface area contributed by atoms with E-state index in [0.717, 1.165) is 32.4 Å². The molecule has 0 aliphatic heterocycles. The van der Waals surface area contributed by atoms with E-state index in [9.17, 15) is 0 Å². The quantitative estimate of drug-likeness (QED) is 0.251. The molecule has 0 radical (unpaired) electrons. The van der Waals surface area contributed by atoms with E-state index in [4.69, 9.17) is 10.5 Å². The summed E-state index contributed by atoms with van der Waals surface area (Å²) in [5.41, 5.74) is 4.46. The number of nitriles is 2. The summed E-state index contributed by atoms with van der Waals surface area (Å²) in [5, 5.41) is 20.4. The molecule has 0 bridgehead atoms. The molecule has 5 aromatic rings. The molecule has 3 nitrogen and oxygen atoms in total. The minimum atomic E-state index is 0.109. The highest BCUT2D eigenvalue weighted by atomic mass is 32.1. The number of anilines is 3. The van der Waals surface area contributed by atoms with E-state index in [1.54, 1.807) is 17.4 Å². The number of thiophene rings is 1. The second-order valence-electron chi connectivity index (χ2n) is 7.73. The van der Waals surface area contributed by atoms with Crippen LogP contribution in [0.1, 0.15) is 4.88 Å². The lowest BCUT2D eigenvalue weighted by Crippen LogP contribution is -2.09. The highest BCUT2D eigenvalue weighted by Crippen LogP contribution is 2.37. The minimum absolute atomic E-state index is 0.109. The third-order valence-corrected chi connectivity index (χ3v) is 6.65. The molecule has 0 unspecified atom stereocenters. The number of nitrogens with zero attached hydrogens (tertiary/aromatic N) is 3. The smallest absolute Gasteiger partial charge is 0.131 e. The zero-order valence-electron chi connectivity index (χ0n) is 18.2. The SMILES string of the molecule is N#CC(C#N)=Cc1ccc(-c2ccc(N(c3ccccc3)c3ccc4ccccc4c3)cc2)s1. The Morgan fingerprint density at radius 3 is 2.03 bits per heavy atom. The van der Waals surface area contributed by atoms with Crippen LogP contribution in [0.3, 0.4) is 0 Å². The number of allylic oxidation sites excluding steroid dienone is 1. The molecule has 34 heavy (non-hydrogen) atoms. The molecule has 0 saturated carbocycles. The van der Waals surface area contributed by atoms with Crippen LogP contribution in [-0.4, -0.2) is 0 Å². The van der Waals surface area contributed by atoms with Crippen molar-refractivity contribution in [1.29, 1.82) is 10.5 Å². The lowest BCUT2D eigenvalue weighted by Gasteiger charge is -2.26. The van der Waals surface area contributed by atoms with Crippen molar-refractivity contribution < 1.29 is 0 Å². The van der Waals surface area contributed by atoms with Gasteiger partial charge in [0.05, 0.1) is 0 Å². The van der Waals surface area contributed by atoms with Crippen molar-refractivity contribution in [2.24, 2.45) is 0 Å². The molecule has 0 atom stereocenters. The molecule has 4 heteroatoms. The highest BCUT2D eigenvalue weighted by Gasteiger charge is 2.13. The van der Waals surface area contributed by atoms with Crippen molar-refractivity contribution >= 4 is 45.2 Å². The molecule has 0 aliphatic rings. The lowest BCUT2D eigenvalue weighted by atomic mass is 10.1. The van der Waals surface area contributed by atoms with E-state index < -0.39 is 0 Å². The lowest BCUT2D eigenvalue weighted by molar-refractivity contribution is 1.29. The van der Waals surface area contributed by atoms with Gasteiger partial charge in [-0.2, -0.15) is 10.5 Å². The summed E-state index contributed by atoms with van der Waals surface area (Å²) in [7, 11) is 0. The van der Waals surface area contributed by atoms with Crippen molar-refractivity contribution in [3.63, 3.8) is 0 Å². The molecule has 5 rings (SSSR count). The molecule has 0 aliphatic carbocycles. The maximum atomic E-state index is 9.00. The number of hydrogen-bond donors (Lipinski definition) is 0. The molecule has 0 spiro atoms. The van der Waals surface area contributed by atoms with Crippen molar-refractivity contribution in [2.45, 2.75) is 0 Å². The monoisotopic (exact) mass is 453 g/mol. The fraction of sp³-hybridized carbons (Fsp3) is 0. The van der Waals surface area contributed by atoms with Gasteiger partial charge in [0.25, 0.3) is 0 Å². The maximum absolute atomic E-state index is 9.00. The fourth-order valence-electron chi connectivity index (χ4n) is 3.93. The van der Waals surface area contributed by atoms with Gasteiger partial charge >= 0.3 is 0 Å². The van der Waals surface area contributed by atoms with Gasteiger partial charge in [-0.3, -0.25) is 0 Å². The van der Waals surface area contributed by atoms with Crippen LogP contribution in [0.5, 0.6) is 0 Å². The molecule has 0 saturated heterocycles. The van der Waals surface area contributed by atoms with Gasteiger partial charge in [0.1, 0.15) is 17.7 Å². The normalized spacial score (nSPS) is 10.3. The summed E-state index contributed by atoms with van der Waals surface area (Å²) in [6.45, 7) is 0. The standard InChI is InChI=1S/C30H19N3S/c31-20-22(21-32)18-29-16-17-30(34-29)24-11-13-27(14-12-24)33(26-8-2-1-3-9-26)28-15-10-23-6-4-5-7-25(23)19-28/h1-19H. The first-order valence-corrected chi connectivity index (χ1v) is 11.6. The van der Waals surface area contributed by atoms with Crippen LogP contribution in [0, 0.1) is 22.7 Å². The Morgan fingerprint density at radius 1 is 0.647 bits per heavy atom. The van der Waals surface area contributed by atoms with Gasteiger partial charge in [0.15, 0.2) is 0 Å². The second-order valence-corrected chi connectivity index (χ2v) is 8.85. The third kappa shape index (κ3) is 4.32. The van der Waals surface area contributed by atoms with Crippen molar-refractivity contribution in [2.75, 3.05) is 4.90 Å². The summed E-state index contributed by atoms with van der Waals surface area (Å²) in [5.74, 6) is 0. The average Bonchev–Trinajstić information content (AvgIpc) is 3.37. The first-order chi connectivity index (χ1) is 16.7. The summed E-state index contributed by atoms with van der Waals surface area (Å²) in [6, 6.07) is 41.5. The topological polar surface area (TPSA) is 50.8 Å². The highest BCUT2D eigenvalue weighted by molar-refractivity contribution is 7.16. The predicted octanol–water partition coefficient (Wildman–Crippen LogP) is 8.47. The minimum Gasteiger partial charge on any atom is -0.310 e. The summed E-state index contributed by atoms with van der Waals surface area (Å²) >= 11 is 1.56. The second kappa shape index (κ2) is 9.46. The number of benzene rings is 4. The Morgan fingerprint density at radius 2 is 1.29 bits per heavy atom. The third-order valence-electron chi connectivity index (χ3n) is 5.57. The fourth-order valence-corrected chi connectivity index (χ4v) is 4.89. The summed E-state index contributed by atoms with van der Waals surface area (Å²) < 4.78 is 0. The van der Waals surface area contributed by atoms with E-state index in [1.165, 1.54) is 10.8 Å². The Kier molecular flexibility index (Phi) is 5.91. The van der Waals surface area contributed by atoms with Gasteiger partial charge in [-0.15, -0.1) is 11.3 Å². The first-order valence-electron chi connectivity index (χ1n) is 10.8. The maximum Gasteiger partial charge on any atom is 0.131 e. The van der Waals surface area contributed by atoms with Gasteiger partial charge in [-0.25, -0.2) is 0 Å². The van der Waals surface area contributed by atoms with Gasteiger partial charge in [-0.05, 0) is 70.9 Å². The first kappa shape index (κ1) is 21.2. The van der Waals surface area contributed by atoms with Crippen LogP contribution >= 0.6 is 11.3 Å². The van der Waals surface area contributed by atoms with Crippen LogP contribution in [0.2, 0.25) is 0 Å². The van der Waals surface area contributed by atoms with Gasteiger partial charge < -0.3 is 4.90 Å². The van der Waals surface area contributed by atoms with Crippen LogP contribution < -0.4 is 4.90 Å². The molecule has 4 aromatic carbocycles. The average molecular weight is 454 g/mol. The zero-order valence-corrected chi connectivity index (χ0v) is 19.0. The van der Waals surface area contributed by atoms with Crippen LogP contribution in [0.25, 0.3) is 27.3 Å². The molecule has 0 fully saturated rings. The van der Waals surface area contributed by atoms with Gasteiger partial charge in [0.2, 0.25) is 0 Å². The molecule has 160 valence electrons. The van der Waals surface area contributed by atoms with Gasteiger partial charge in [0, 0.05) is 26.8 Å². The van der Waals surface area contributed by atoms with Crippen molar-refractivity contribution in [3.8, 4) is 22.6 Å². The summed E-state index contributed by atoms with van der Waals surface area (Å²) in [6.07, 6.45) is 1.62. The summed E-state index contributed by atoms with van der Waals surface area (Å²) in [4.78, 5) is 4.23. The van der Waals surface area contributed by atoms with Crippen LogP contribution in [0.15, 0.2) is 115 Å². The Bertz CT molecular complexity index is 1550. The Hall–Kier alpha value is -4.64. The van der Waals surface area contributed by atoms with E-state index >= 15 is 0 Å². The largest absolute Gasteiger partial charge is 0.310 e. The molecular weight excluding hydrogens is 434 g/mol. The zero-order chi connectivity index (χ0) is 23.3. The molecule has 0 amide bonds. The Balaban J connectivity index is 1.52. The number of para-hydroxylation sites is 1. The van der Waals surface area contributed by atoms with Crippen LogP contribution in [-0.2, 0) is 0 Å². The van der Waals surface area contributed by atoms with E-state index in [0.29, 0.717) is 0 Å². The number of hydrogen-bond acceptors (Lipinski definition) is 4. The number of fused-ring (bicyclic) bond motifs is 1.